The number of nitrogens with zero attached hydrogens (tertiary/aromatic N) is 1. The lowest BCUT2D eigenvalue weighted by atomic mass is 9.95. The van der Waals surface area contributed by atoms with Gasteiger partial charge in [-0.2, -0.15) is 0 Å². The van der Waals surface area contributed by atoms with E-state index in [4.69, 9.17) is 4.74 Å². The zero-order valence-corrected chi connectivity index (χ0v) is 16.0. The Morgan fingerprint density at radius 1 is 1.27 bits per heavy atom. The molecule has 0 aliphatic heterocycles. The molecule has 0 radical (unpaired) electrons. The van der Waals surface area contributed by atoms with Gasteiger partial charge in [0.1, 0.15) is 15.5 Å². The molecule has 1 saturated carbocycles. The van der Waals surface area contributed by atoms with Crippen LogP contribution in [0.3, 0.4) is 0 Å². The molecule has 0 spiro atoms. The number of H-pyrrole nitrogens is 1. The maximum Gasteiger partial charge on any atom is 0.349 e. The average Bonchev–Trinajstić information content (AvgIpc) is 2.92. The van der Waals surface area contributed by atoms with Gasteiger partial charge in [0.05, 0.1) is 5.39 Å². The van der Waals surface area contributed by atoms with Crippen LogP contribution >= 0.6 is 11.3 Å². The van der Waals surface area contributed by atoms with Crippen molar-refractivity contribution in [3.8, 4) is 0 Å². The predicted octanol–water partition coefficient (Wildman–Crippen LogP) is 2.60. The van der Waals surface area contributed by atoms with E-state index in [1.807, 2.05) is 0 Å². The van der Waals surface area contributed by atoms with Gasteiger partial charge < -0.3 is 15.0 Å². The summed E-state index contributed by atoms with van der Waals surface area (Å²) in [4.78, 5) is 44.6. The Balaban J connectivity index is 1.72. The van der Waals surface area contributed by atoms with Crippen LogP contribution in [0, 0.1) is 13.8 Å². The van der Waals surface area contributed by atoms with Gasteiger partial charge in [-0.15, -0.1) is 11.3 Å². The third-order valence-corrected chi connectivity index (χ3v) is 5.87. The second kappa shape index (κ2) is 7.57. The zero-order valence-electron chi connectivity index (χ0n) is 15.2. The highest BCUT2D eigenvalue weighted by atomic mass is 32.1. The van der Waals surface area contributed by atoms with E-state index in [1.54, 1.807) is 20.8 Å². The number of amides is 1. The van der Waals surface area contributed by atoms with Crippen LogP contribution in [-0.2, 0) is 9.53 Å². The van der Waals surface area contributed by atoms with Crippen LogP contribution < -0.4 is 10.9 Å². The monoisotopic (exact) mass is 377 g/mol. The van der Waals surface area contributed by atoms with Crippen molar-refractivity contribution in [1.82, 2.24) is 15.3 Å². The summed E-state index contributed by atoms with van der Waals surface area (Å²) in [6.45, 7) is 4.94. The van der Waals surface area contributed by atoms with Crippen LogP contribution in [0.4, 0.5) is 0 Å². The minimum atomic E-state index is -0.887. The Morgan fingerprint density at radius 3 is 2.65 bits per heavy atom. The molecule has 26 heavy (non-hydrogen) atoms. The molecule has 1 aliphatic carbocycles. The zero-order chi connectivity index (χ0) is 18.8. The smallest absolute Gasteiger partial charge is 0.349 e. The lowest BCUT2D eigenvalue weighted by Crippen LogP contribution is -2.42. The molecule has 7 nitrogen and oxygen atoms in total. The Kier molecular flexibility index (Phi) is 5.41. The van der Waals surface area contributed by atoms with E-state index >= 15 is 0 Å². The molecule has 1 fully saturated rings. The molecule has 0 saturated heterocycles. The van der Waals surface area contributed by atoms with E-state index < -0.39 is 12.1 Å². The molecule has 2 N–H and O–H groups in total. The van der Waals surface area contributed by atoms with Crippen molar-refractivity contribution >= 4 is 33.4 Å². The van der Waals surface area contributed by atoms with Crippen molar-refractivity contribution in [3.63, 3.8) is 0 Å². The number of hydrogen-bond donors (Lipinski definition) is 2. The molecule has 2 heterocycles. The number of aromatic nitrogens is 2. The highest BCUT2D eigenvalue weighted by Crippen LogP contribution is 2.28. The molecule has 0 aromatic carbocycles. The first-order chi connectivity index (χ1) is 12.4. The second-order valence-electron chi connectivity index (χ2n) is 6.78. The number of thiophene rings is 1. The number of aryl methyl sites for hydroxylation is 2. The van der Waals surface area contributed by atoms with Crippen LogP contribution in [0.2, 0.25) is 0 Å². The minimum Gasteiger partial charge on any atom is -0.448 e. The van der Waals surface area contributed by atoms with Gasteiger partial charge in [-0.25, -0.2) is 9.78 Å². The molecule has 0 unspecified atom stereocenters. The van der Waals surface area contributed by atoms with E-state index in [-0.39, 0.29) is 17.5 Å². The third-order valence-electron chi connectivity index (χ3n) is 4.71. The van der Waals surface area contributed by atoms with Crippen molar-refractivity contribution in [2.45, 2.75) is 65.0 Å². The van der Waals surface area contributed by atoms with Gasteiger partial charge in [-0.05, 0) is 39.2 Å². The summed E-state index contributed by atoms with van der Waals surface area (Å²) in [5, 5.41) is 3.35. The lowest BCUT2D eigenvalue weighted by molar-refractivity contribution is -0.130. The van der Waals surface area contributed by atoms with Crippen LogP contribution in [-0.4, -0.2) is 34.0 Å². The standard InChI is InChI=1S/C18H23N3O4S/c1-9-13-16(23)19-11(3)20-17(13)26-14(9)18(24)25-10(2)15(22)21-12-7-5-4-6-8-12/h10,12H,4-8H2,1-3H3,(H,21,22)(H,19,20,23)/t10-/m1/s1. The molecule has 1 atom stereocenters. The third kappa shape index (κ3) is 3.80. The summed E-state index contributed by atoms with van der Waals surface area (Å²) >= 11 is 1.11. The fraction of sp³-hybridized carbons (Fsp3) is 0.556. The van der Waals surface area contributed by atoms with Crippen molar-refractivity contribution in [3.05, 3.63) is 26.6 Å². The van der Waals surface area contributed by atoms with Crippen molar-refractivity contribution in [2.24, 2.45) is 0 Å². The quantitative estimate of drug-likeness (QED) is 0.798. The Hall–Kier alpha value is -2.22. The molecule has 140 valence electrons. The largest absolute Gasteiger partial charge is 0.448 e. The number of carbonyl (C=O) groups is 2. The predicted molar refractivity (Wildman–Crippen MR) is 99.6 cm³/mol. The highest BCUT2D eigenvalue weighted by Gasteiger charge is 2.26. The van der Waals surface area contributed by atoms with Gasteiger partial charge >= 0.3 is 5.97 Å². The summed E-state index contributed by atoms with van der Waals surface area (Å²) in [6, 6.07) is 0.161. The first kappa shape index (κ1) is 18.6. The number of hydrogen-bond acceptors (Lipinski definition) is 6. The van der Waals surface area contributed by atoms with Crippen LogP contribution in [0.5, 0.6) is 0 Å². The van der Waals surface area contributed by atoms with Gasteiger partial charge in [-0.1, -0.05) is 19.3 Å². The molecule has 1 aliphatic rings. The Morgan fingerprint density at radius 2 is 1.96 bits per heavy atom. The molecule has 3 rings (SSSR count). The minimum absolute atomic E-state index is 0.161. The van der Waals surface area contributed by atoms with E-state index in [0.29, 0.717) is 26.5 Å². The van der Waals surface area contributed by atoms with Crippen molar-refractivity contribution < 1.29 is 14.3 Å². The van der Waals surface area contributed by atoms with Crippen LogP contribution in [0.15, 0.2) is 4.79 Å². The Labute approximate surface area is 155 Å². The van der Waals surface area contributed by atoms with Crippen molar-refractivity contribution in [1.29, 1.82) is 0 Å². The van der Waals surface area contributed by atoms with E-state index in [1.165, 1.54) is 6.42 Å². The summed E-state index contributed by atoms with van der Waals surface area (Å²) in [7, 11) is 0. The number of carbonyl (C=O) groups excluding carboxylic acids is 2. The maximum absolute atomic E-state index is 12.5. The SMILES string of the molecule is Cc1nc2sc(C(=O)O[C@H](C)C(=O)NC3CCCCC3)c(C)c2c(=O)[nH]1. The summed E-state index contributed by atoms with van der Waals surface area (Å²) in [5.74, 6) is -0.395. The molecule has 8 heteroatoms. The second-order valence-corrected chi connectivity index (χ2v) is 7.78. The highest BCUT2D eigenvalue weighted by molar-refractivity contribution is 7.20. The van der Waals surface area contributed by atoms with Gasteiger partial charge in [0, 0.05) is 6.04 Å². The molecule has 2 aromatic rings. The van der Waals surface area contributed by atoms with Gasteiger partial charge in [0.2, 0.25) is 0 Å². The number of nitrogens with one attached hydrogen (secondary N) is 2. The fourth-order valence-corrected chi connectivity index (χ4v) is 4.39. The number of rotatable bonds is 4. The van der Waals surface area contributed by atoms with Crippen LogP contribution in [0.25, 0.3) is 10.2 Å². The molecular weight excluding hydrogens is 354 g/mol. The Bertz CT molecular complexity index is 896. The number of ether oxygens (including phenoxy) is 1. The number of esters is 1. The fourth-order valence-electron chi connectivity index (χ4n) is 3.28. The summed E-state index contributed by atoms with van der Waals surface area (Å²) in [5.41, 5.74) is 0.257. The maximum atomic E-state index is 12.5. The first-order valence-corrected chi connectivity index (χ1v) is 9.70. The molecule has 1 amide bonds. The average molecular weight is 377 g/mol. The summed E-state index contributed by atoms with van der Waals surface area (Å²) < 4.78 is 5.34. The molecule has 0 bridgehead atoms. The number of fused-ring (bicyclic) bond motifs is 1. The molecule has 2 aromatic heterocycles. The van der Waals surface area contributed by atoms with Gasteiger partial charge in [0.15, 0.2) is 6.10 Å². The molecular formula is C18H23N3O4S. The lowest BCUT2D eigenvalue weighted by Gasteiger charge is -2.24. The van der Waals surface area contributed by atoms with Gasteiger partial charge in [-0.3, -0.25) is 9.59 Å². The summed E-state index contributed by atoms with van der Waals surface area (Å²) in [6.07, 6.45) is 4.48. The van der Waals surface area contributed by atoms with E-state index in [9.17, 15) is 14.4 Å². The van der Waals surface area contributed by atoms with Gasteiger partial charge in [0.25, 0.3) is 11.5 Å². The normalized spacial score (nSPS) is 16.4. The van der Waals surface area contributed by atoms with E-state index in [0.717, 1.165) is 37.0 Å². The topological polar surface area (TPSA) is 101 Å². The van der Waals surface area contributed by atoms with Crippen LogP contribution in [0.1, 0.15) is 60.1 Å². The number of aromatic amines is 1. The van der Waals surface area contributed by atoms with E-state index in [2.05, 4.69) is 15.3 Å². The van der Waals surface area contributed by atoms with Crippen molar-refractivity contribution in [2.75, 3.05) is 0 Å². The first-order valence-electron chi connectivity index (χ1n) is 8.88.